The Labute approximate surface area is 273 Å². The van der Waals surface area contributed by atoms with Crippen molar-refractivity contribution in [3.8, 4) is 56.0 Å². The number of para-hydroxylation sites is 1. The molecule has 0 saturated carbocycles. The highest BCUT2D eigenvalue weighted by molar-refractivity contribution is 6.25. The molecule has 0 spiro atoms. The van der Waals surface area contributed by atoms with E-state index >= 15 is 0 Å². The molecule has 0 atom stereocenters. The molecule has 0 bridgehead atoms. The molecule has 0 N–H and O–H groups in total. The molecule has 0 unspecified atom stereocenters. The zero-order valence-electron chi connectivity index (χ0n) is 32.7. The van der Waals surface area contributed by atoms with E-state index in [-0.39, 0.29) is 68.1 Å². The second kappa shape index (κ2) is 9.29. The number of hydrogen-bond donors (Lipinski definition) is 0. The van der Waals surface area contributed by atoms with Gasteiger partial charge in [0.2, 0.25) is 0 Å². The fraction of sp³-hybridized carbons (Fsp3) is 0. The van der Waals surface area contributed by atoms with Gasteiger partial charge in [0.25, 0.3) is 0 Å². The molecule has 1 aliphatic rings. The number of ether oxygens (including phenoxy) is 1. The third kappa shape index (κ3) is 3.62. The Balaban J connectivity index is 1.18. The Hall–Kier alpha value is -5.92. The summed E-state index contributed by atoms with van der Waals surface area (Å²) in [4.78, 5) is 0. The van der Waals surface area contributed by atoms with E-state index in [1.54, 1.807) is 6.07 Å². The van der Waals surface area contributed by atoms with Gasteiger partial charge in [-0.15, -0.1) is 0 Å². The molecule has 1 aliphatic heterocycles. The highest BCUT2D eigenvalue weighted by atomic mass is 16.5. The molecule has 0 saturated heterocycles. The van der Waals surface area contributed by atoms with Crippen molar-refractivity contribution < 1.29 is 17.1 Å². The fourth-order valence-electron chi connectivity index (χ4n) is 6.83. The largest absolute Gasteiger partial charge is 0.456 e. The van der Waals surface area contributed by atoms with E-state index in [9.17, 15) is 2.74 Å². The van der Waals surface area contributed by atoms with Crippen LogP contribution >= 0.6 is 0 Å². The maximum absolute atomic E-state index is 9.21. The summed E-state index contributed by atoms with van der Waals surface area (Å²) < 4.78 is 86.1. The summed E-state index contributed by atoms with van der Waals surface area (Å²) in [5.41, 5.74) is 6.65. The molecule has 1 heteroatoms. The first-order valence-electron chi connectivity index (χ1n) is 19.3. The Morgan fingerprint density at radius 2 is 1.02 bits per heavy atom. The summed E-state index contributed by atoms with van der Waals surface area (Å²) in [5, 5.41) is 2.43. The molecule has 0 aliphatic carbocycles. The van der Waals surface area contributed by atoms with Gasteiger partial charge >= 0.3 is 0 Å². The Morgan fingerprint density at radius 1 is 0.378 bits per heavy atom. The van der Waals surface area contributed by atoms with Crippen molar-refractivity contribution in [2.75, 3.05) is 0 Å². The monoisotopic (exact) mass is 579 g/mol. The van der Waals surface area contributed by atoms with Crippen LogP contribution in [0, 0.1) is 0 Å². The topological polar surface area (TPSA) is 9.23 Å². The van der Waals surface area contributed by atoms with E-state index in [2.05, 4.69) is 42.5 Å². The van der Waals surface area contributed by atoms with Crippen molar-refractivity contribution in [2.45, 2.75) is 0 Å². The third-order valence-electron chi connectivity index (χ3n) is 8.87. The number of hydrogen-bond acceptors (Lipinski definition) is 1. The first-order valence-corrected chi connectivity index (χ1v) is 14.8. The van der Waals surface area contributed by atoms with Crippen molar-refractivity contribution in [3.63, 3.8) is 0 Å². The minimum atomic E-state index is -0.490. The van der Waals surface area contributed by atoms with Crippen LogP contribution < -0.4 is 4.74 Å². The van der Waals surface area contributed by atoms with Crippen molar-refractivity contribution in [1.82, 2.24) is 0 Å². The van der Waals surface area contributed by atoms with Gasteiger partial charge in [-0.2, -0.15) is 0 Å². The van der Waals surface area contributed by atoms with Gasteiger partial charge in [-0.1, -0.05) is 133 Å². The van der Waals surface area contributed by atoms with E-state index < -0.39 is 24.2 Å². The second-order valence-electron chi connectivity index (χ2n) is 11.3. The molecule has 9 aromatic carbocycles. The van der Waals surface area contributed by atoms with Gasteiger partial charge in [-0.3, -0.25) is 0 Å². The van der Waals surface area contributed by atoms with E-state index in [0.29, 0.717) is 5.56 Å². The van der Waals surface area contributed by atoms with Crippen molar-refractivity contribution in [2.24, 2.45) is 0 Å². The van der Waals surface area contributed by atoms with E-state index in [1.165, 1.54) is 0 Å². The standard InChI is InChI=1S/C44H26O/c1-2-16-40-36(13-1)38-15-6-14-37-35(23-24-41(45-40)44(37)38)33-12-5-10-31(26-33)30-9-4-11-32(25-30)34-21-19-29-18-17-27-7-3-8-28-20-22-39(34)43(29)42(27)28/h1-26H/i3D,7D,8D,17D,18D,19D,20D,21D,22D. The van der Waals surface area contributed by atoms with Crippen LogP contribution in [0.5, 0.6) is 11.5 Å². The molecule has 9 aromatic rings. The van der Waals surface area contributed by atoms with Crippen molar-refractivity contribution >= 4 is 43.1 Å². The minimum absolute atomic E-state index is 0.0370. The first-order chi connectivity index (χ1) is 26.1. The van der Waals surface area contributed by atoms with Gasteiger partial charge in [0.15, 0.2) is 0 Å². The van der Waals surface area contributed by atoms with Crippen LogP contribution in [-0.4, -0.2) is 0 Å². The third-order valence-corrected chi connectivity index (χ3v) is 8.87. The summed E-state index contributed by atoms with van der Waals surface area (Å²) >= 11 is 0. The molecule has 45 heavy (non-hydrogen) atoms. The van der Waals surface area contributed by atoms with Crippen LogP contribution in [0.3, 0.4) is 0 Å². The van der Waals surface area contributed by atoms with Gasteiger partial charge in [0.05, 0.1) is 12.3 Å². The summed E-state index contributed by atoms with van der Waals surface area (Å²) in [7, 11) is 0. The van der Waals surface area contributed by atoms with Crippen LogP contribution in [0.15, 0.2) is 158 Å². The lowest BCUT2D eigenvalue weighted by atomic mass is 9.88. The summed E-state index contributed by atoms with van der Waals surface area (Å²) in [6.45, 7) is 0. The molecule has 1 heterocycles. The van der Waals surface area contributed by atoms with Crippen LogP contribution in [0.1, 0.15) is 12.3 Å². The van der Waals surface area contributed by atoms with Crippen molar-refractivity contribution in [3.05, 3.63) is 158 Å². The number of benzene rings is 9. The van der Waals surface area contributed by atoms with Crippen molar-refractivity contribution in [1.29, 1.82) is 0 Å². The maximum atomic E-state index is 9.21. The average molecular weight is 580 g/mol. The maximum Gasteiger partial charge on any atom is 0.135 e. The Bertz CT molecular complexity index is 3110. The van der Waals surface area contributed by atoms with Crippen LogP contribution in [0.25, 0.3) is 87.6 Å². The SMILES string of the molecule is [2H]c1c([2H])c2c([2H])c([2H])c3c([2H])c([2H])c(-c4cccc(-c5cccc(-c6ccc7c8c(cccc68)-c6ccccc6O7)c5)c4)c4c([2H])c([2H])c(c1[2H])c2c34. The number of rotatable bonds is 3. The summed E-state index contributed by atoms with van der Waals surface area (Å²) in [6.07, 6.45) is 0. The molecule has 0 radical (unpaired) electrons. The van der Waals surface area contributed by atoms with Gasteiger partial charge in [-0.25, -0.2) is 0 Å². The first kappa shape index (κ1) is 17.4. The highest BCUT2D eigenvalue weighted by Gasteiger charge is 2.21. The molecule has 0 aromatic heterocycles. The lowest BCUT2D eigenvalue weighted by molar-refractivity contribution is 0.487. The summed E-state index contributed by atoms with van der Waals surface area (Å²) in [5.74, 6) is 1.63. The van der Waals surface area contributed by atoms with Crippen LogP contribution in [-0.2, 0) is 0 Å². The second-order valence-corrected chi connectivity index (χ2v) is 11.3. The fourth-order valence-corrected chi connectivity index (χ4v) is 6.83. The van der Waals surface area contributed by atoms with E-state index in [4.69, 9.17) is 14.3 Å². The molecule has 208 valence electrons. The Morgan fingerprint density at radius 3 is 1.84 bits per heavy atom. The van der Waals surface area contributed by atoms with Crippen LogP contribution in [0.4, 0.5) is 0 Å². The lowest BCUT2D eigenvalue weighted by Crippen LogP contribution is -1.97. The average Bonchev–Trinajstić information content (AvgIpc) is 3.19. The predicted molar refractivity (Wildman–Crippen MR) is 189 cm³/mol. The van der Waals surface area contributed by atoms with Crippen LogP contribution in [0.2, 0.25) is 0 Å². The van der Waals surface area contributed by atoms with Gasteiger partial charge in [0.1, 0.15) is 11.5 Å². The molecular formula is C44H26O. The zero-order chi connectivity index (χ0) is 37.3. The molecule has 0 fully saturated rings. The van der Waals surface area contributed by atoms with Gasteiger partial charge in [0, 0.05) is 10.9 Å². The molecular weight excluding hydrogens is 544 g/mol. The molecule has 1 nitrogen and oxygen atoms in total. The van der Waals surface area contributed by atoms with Gasteiger partial charge in [-0.05, 0) is 101 Å². The normalized spacial score (nSPS) is 15.0. The Kier molecular flexibility index (Phi) is 3.59. The van der Waals surface area contributed by atoms with E-state index in [1.807, 2.05) is 54.6 Å². The number of fused-ring (bicyclic) bond motifs is 2. The molecule has 0 amide bonds. The molecule has 10 rings (SSSR count). The lowest BCUT2D eigenvalue weighted by Gasteiger charge is -2.22. The minimum Gasteiger partial charge on any atom is -0.456 e. The quantitative estimate of drug-likeness (QED) is 0.189. The highest BCUT2D eigenvalue weighted by Crippen LogP contribution is 2.48. The van der Waals surface area contributed by atoms with Gasteiger partial charge < -0.3 is 4.74 Å². The zero-order valence-corrected chi connectivity index (χ0v) is 23.7. The predicted octanol–water partition coefficient (Wildman–Crippen LogP) is 12.5. The van der Waals surface area contributed by atoms with E-state index in [0.717, 1.165) is 55.7 Å². The summed E-state index contributed by atoms with van der Waals surface area (Å²) in [6, 6.07) is 30.7. The smallest absolute Gasteiger partial charge is 0.135 e.